The lowest BCUT2D eigenvalue weighted by Crippen LogP contribution is -2.31. The summed E-state index contributed by atoms with van der Waals surface area (Å²) in [6.07, 6.45) is 0. The number of nitrogens with two attached hydrogens (primary N) is 1. The molecule has 0 spiro atoms. The first kappa shape index (κ1) is 20.0. The first-order chi connectivity index (χ1) is 12.2. The van der Waals surface area contributed by atoms with Crippen molar-refractivity contribution in [1.82, 2.24) is 4.90 Å². The molecule has 0 saturated heterocycles. The second-order valence-electron chi connectivity index (χ2n) is 5.44. The third-order valence-corrected chi connectivity index (χ3v) is 4.71. The van der Waals surface area contributed by atoms with Gasteiger partial charge in [0.05, 0.1) is 24.1 Å². The van der Waals surface area contributed by atoms with Crippen LogP contribution in [0.15, 0.2) is 47.4 Å². The van der Waals surface area contributed by atoms with Crippen molar-refractivity contribution in [2.75, 3.05) is 27.3 Å². The van der Waals surface area contributed by atoms with Crippen LogP contribution in [0.3, 0.4) is 0 Å². The van der Waals surface area contributed by atoms with Crippen LogP contribution in [0.1, 0.15) is 10.4 Å². The van der Waals surface area contributed by atoms with E-state index in [9.17, 15) is 13.2 Å². The normalized spacial score (nSPS) is 11.1. The molecule has 0 aromatic heterocycles. The van der Waals surface area contributed by atoms with E-state index in [1.54, 1.807) is 31.3 Å². The quantitative estimate of drug-likeness (QED) is 0.770. The molecule has 2 N–H and O–H groups in total. The SMILES string of the molecule is COc1ccc(S(N)(=O)=O)cc1C(=O)N(C)CCOc1cccc(Cl)c1. The van der Waals surface area contributed by atoms with E-state index in [-0.39, 0.29) is 29.4 Å². The fourth-order valence-electron chi connectivity index (χ4n) is 2.20. The van der Waals surface area contributed by atoms with Gasteiger partial charge in [-0.3, -0.25) is 4.79 Å². The third kappa shape index (κ3) is 5.10. The van der Waals surface area contributed by atoms with Crippen molar-refractivity contribution in [1.29, 1.82) is 0 Å². The molecule has 0 bridgehead atoms. The maximum atomic E-state index is 12.6. The number of methoxy groups -OCH3 is 1. The van der Waals surface area contributed by atoms with Crippen LogP contribution in [-0.4, -0.2) is 46.5 Å². The summed E-state index contributed by atoms with van der Waals surface area (Å²) in [5.74, 6) is 0.430. The van der Waals surface area contributed by atoms with E-state index < -0.39 is 15.9 Å². The summed E-state index contributed by atoms with van der Waals surface area (Å²) >= 11 is 5.88. The van der Waals surface area contributed by atoms with Gasteiger partial charge < -0.3 is 14.4 Å². The number of hydrogen-bond donors (Lipinski definition) is 1. The first-order valence-corrected chi connectivity index (χ1v) is 9.49. The summed E-state index contributed by atoms with van der Waals surface area (Å²) in [7, 11) is -0.960. The molecule has 2 aromatic rings. The van der Waals surface area contributed by atoms with Gasteiger partial charge in [0.1, 0.15) is 18.1 Å². The minimum absolute atomic E-state index is 0.101. The molecule has 2 rings (SSSR count). The fourth-order valence-corrected chi connectivity index (χ4v) is 2.92. The zero-order valence-corrected chi connectivity index (χ0v) is 15.9. The van der Waals surface area contributed by atoms with Crippen LogP contribution < -0.4 is 14.6 Å². The number of ether oxygens (including phenoxy) is 2. The number of halogens is 1. The second kappa shape index (κ2) is 8.39. The number of primary sulfonamides is 1. The highest BCUT2D eigenvalue weighted by Gasteiger charge is 2.20. The summed E-state index contributed by atoms with van der Waals surface area (Å²) in [4.78, 5) is 13.9. The lowest BCUT2D eigenvalue weighted by Gasteiger charge is -2.19. The number of likely N-dealkylation sites (N-methyl/N-ethyl adjacent to an activating group) is 1. The molecule has 0 aliphatic heterocycles. The maximum Gasteiger partial charge on any atom is 0.257 e. The molecule has 1 amide bonds. The number of rotatable bonds is 7. The highest BCUT2D eigenvalue weighted by Crippen LogP contribution is 2.23. The topological polar surface area (TPSA) is 98.9 Å². The molecule has 0 radical (unpaired) electrons. The largest absolute Gasteiger partial charge is 0.496 e. The van der Waals surface area contributed by atoms with E-state index in [1.165, 1.54) is 30.2 Å². The van der Waals surface area contributed by atoms with Crippen LogP contribution in [0.25, 0.3) is 0 Å². The van der Waals surface area contributed by atoms with Crippen molar-refractivity contribution in [3.63, 3.8) is 0 Å². The van der Waals surface area contributed by atoms with Crippen molar-refractivity contribution < 1.29 is 22.7 Å². The van der Waals surface area contributed by atoms with Gasteiger partial charge in [0.15, 0.2) is 0 Å². The lowest BCUT2D eigenvalue weighted by molar-refractivity contribution is 0.0770. The van der Waals surface area contributed by atoms with Crippen molar-refractivity contribution in [3.8, 4) is 11.5 Å². The Morgan fingerprint density at radius 1 is 1.23 bits per heavy atom. The molecule has 26 heavy (non-hydrogen) atoms. The van der Waals surface area contributed by atoms with Gasteiger partial charge in [-0.15, -0.1) is 0 Å². The molecule has 140 valence electrons. The zero-order valence-electron chi connectivity index (χ0n) is 14.3. The monoisotopic (exact) mass is 398 g/mol. The van der Waals surface area contributed by atoms with Crippen LogP contribution in [0.2, 0.25) is 5.02 Å². The van der Waals surface area contributed by atoms with E-state index in [4.69, 9.17) is 26.2 Å². The van der Waals surface area contributed by atoms with Crippen LogP contribution in [-0.2, 0) is 10.0 Å². The van der Waals surface area contributed by atoms with Gasteiger partial charge in [0, 0.05) is 12.1 Å². The standard InChI is InChI=1S/C17H19ClN2O5S/c1-20(8-9-25-13-5-3-4-12(18)10-13)17(21)15-11-14(26(19,22)23)6-7-16(15)24-2/h3-7,10-11H,8-9H2,1-2H3,(H2,19,22,23). The summed E-state index contributed by atoms with van der Waals surface area (Å²) in [5, 5.41) is 5.68. The van der Waals surface area contributed by atoms with Gasteiger partial charge in [-0.2, -0.15) is 0 Å². The van der Waals surface area contributed by atoms with Gasteiger partial charge in [0.25, 0.3) is 5.91 Å². The van der Waals surface area contributed by atoms with Crippen LogP contribution in [0.4, 0.5) is 0 Å². The maximum absolute atomic E-state index is 12.6. The molecule has 0 aliphatic rings. The molecule has 7 nitrogen and oxygen atoms in total. The van der Waals surface area contributed by atoms with Crippen LogP contribution in [0.5, 0.6) is 11.5 Å². The van der Waals surface area contributed by atoms with E-state index in [2.05, 4.69) is 0 Å². The molecular weight excluding hydrogens is 380 g/mol. The predicted octanol–water partition coefficient (Wildman–Crippen LogP) is 2.15. The first-order valence-electron chi connectivity index (χ1n) is 7.57. The zero-order chi connectivity index (χ0) is 19.3. The van der Waals surface area contributed by atoms with Crippen molar-refractivity contribution in [2.45, 2.75) is 4.90 Å². The Morgan fingerprint density at radius 3 is 2.58 bits per heavy atom. The molecule has 0 fully saturated rings. The average Bonchev–Trinajstić information content (AvgIpc) is 2.59. The smallest absolute Gasteiger partial charge is 0.257 e. The summed E-state index contributed by atoms with van der Waals surface area (Å²) in [6.45, 7) is 0.508. The van der Waals surface area contributed by atoms with E-state index in [0.29, 0.717) is 10.8 Å². The molecule has 9 heteroatoms. The van der Waals surface area contributed by atoms with E-state index >= 15 is 0 Å². The molecule has 0 saturated carbocycles. The molecule has 0 unspecified atom stereocenters. The number of benzene rings is 2. The molecule has 0 aliphatic carbocycles. The van der Waals surface area contributed by atoms with Gasteiger partial charge in [-0.05, 0) is 36.4 Å². The minimum atomic E-state index is -3.93. The Labute approximate surface area is 157 Å². The van der Waals surface area contributed by atoms with Crippen molar-refractivity contribution >= 4 is 27.5 Å². The van der Waals surface area contributed by atoms with Gasteiger partial charge in [-0.25, -0.2) is 13.6 Å². The number of nitrogens with zero attached hydrogens (tertiary/aromatic N) is 1. The van der Waals surface area contributed by atoms with E-state index in [1.807, 2.05) is 0 Å². The highest BCUT2D eigenvalue weighted by atomic mass is 35.5. The number of amides is 1. The number of carbonyl (C=O) groups is 1. The third-order valence-electron chi connectivity index (χ3n) is 3.57. The Kier molecular flexibility index (Phi) is 6.47. The predicted molar refractivity (Wildman–Crippen MR) is 98.3 cm³/mol. The lowest BCUT2D eigenvalue weighted by atomic mass is 10.1. The Hall–Kier alpha value is -2.29. The van der Waals surface area contributed by atoms with Crippen LogP contribution >= 0.6 is 11.6 Å². The van der Waals surface area contributed by atoms with Gasteiger partial charge in [0.2, 0.25) is 10.0 Å². The van der Waals surface area contributed by atoms with Gasteiger partial charge >= 0.3 is 0 Å². The fraction of sp³-hybridized carbons (Fsp3) is 0.235. The number of carbonyl (C=O) groups excluding carboxylic acids is 1. The number of hydrogen-bond acceptors (Lipinski definition) is 5. The summed E-state index contributed by atoms with van der Waals surface area (Å²) in [5.41, 5.74) is 0.101. The Bertz CT molecular complexity index is 902. The van der Waals surface area contributed by atoms with Crippen molar-refractivity contribution in [2.24, 2.45) is 5.14 Å². The number of sulfonamides is 1. The average molecular weight is 399 g/mol. The minimum Gasteiger partial charge on any atom is -0.496 e. The molecular formula is C17H19ClN2O5S. The van der Waals surface area contributed by atoms with Crippen LogP contribution in [0, 0.1) is 0 Å². The highest BCUT2D eigenvalue weighted by molar-refractivity contribution is 7.89. The Morgan fingerprint density at radius 2 is 1.96 bits per heavy atom. The van der Waals surface area contributed by atoms with E-state index in [0.717, 1.165) is 0 Å². The second-order valence-corrected chi connectivity index (χ2v) is 7.44. The molecule has 0 atom stereocenters. The molecule has 2 aromatic carbocycles. The molecule has 0 heterocycles. The van der Waals surface area contributed by atoms with Gasteiger partial charge in [-0.1, -0.05) is 17.7 Å². The van der Waals surface area contributed by atoms with Crippen molar-refractivity contribution in [3.05, 3.63) is 53.1 Å². The Balaban J connectivity index is 2.09. The summed E-state index contributed by atoms with van der Waals surface area (Å²) < 4.78 is 33.7. The summed E-state index contributed by atoms with van der Waals surface area (Å²) in [6, 6.07) is 10.8.